The summed E-state index contributed by atoms with van der Waals surface area (Å²) in [7, 11) is 0. The molecule has 3 aromatic rings. The van der Waals surface area contributed by atoms with Crippen LogP contribution in [-0.4, -0.2) is 22.4 Å². The highest BCUT2D eigenvalue weighted by Crippen LogP contribution is 2.36. The highest BCUT2D eigenvalue weighted by Gasteiger charge is 2.39. The normalized spacial score (nSPS) is 11.7. The molecule has 0 atom stereocenters. The molecule has 0 bridgehead atoms. The monoisotopic (exact) mass is 478 g/mol. The zero-order valence-electron chi connectivity index (χ0n) is 15.7. The molecule has 0 saturated carbocycles. The Morgan fingerprint density at radius 3 is 2.24 bits per heavy atom. The molecule has 0 radical (unpaired) electrons. The van der Waals surface area contributed by atoms with E-state index in [0.717, 1.165) is 42.7 Å². The minimum Gasteiger partial charge on any atom is -0.594 e. The predicted octanol–water partition coefficient (Wildman–Crippen LogP) is 4.21. The summed E-state index contributed by atoms with van der Waals surface area (Å²) >= 11 is 0. The molecule has 0 aliphatic carbocycles. The molecule has 2 aromatic heterocycles. The number of benzene rings is 1. The first-order valence-corrected chi connectivity index (χ1v) is 8.49. The van der Waals surface area contributed by atoms with Crippen molar-refractivity contribution in [2.24, 2.45) is 0 Å². The van der Waals surface area contributed by atoms with Crippen molar-refractivity contribution in [1.82, 2.24) is 10.1 Å². The Kier molecular flexibility index (Phi) is 6.23. The van der Waals surface area contributed by atoms with Gasteiger partial charge in [-0.1, -0.05) is 4.85 Å². The third kappa shape index (κ3) is 5.96. The minimum absolute atomic E-state index is 0.0294. The first-order chi connectivity index (χ1) is 15.3. The number of ether oxygens (including phenoxy) is 2. The largest absolute Gasteiger partial charge is 0.594 e. The summed E-state index contributed by atoms with van der Waals surface area (Å²) in [5.41, 5.74) is -3.46. The first kappa shape index (κ1) is 23.5. The molecule has 33 heavy (non-hydrogen) atoms. The van der Waals surface area contributed by atoms with Crippen LogP contribution in [0.5, 0.6) is 17.2 Å². The Balaban J connectivity index is 1.97. The lowest BCUT2D eigenvalue weighted by atomic mass is 10.1. The van der Waals surface area contributed by atoms with Crippen LogP contribution in [0.4, 0.5) is 36.4 Å². The molecule has 0 fully saturated rings. The minimum atomic E-state index is -5.26. The van der Waals surface area contributed by atoms with Crippen molar-refractivity contribution in [3.05, 3.63) is 71.2 Å². The quantitative estimate of drug-likeness (QED) is 0.335. The van der Waals surface area contributed by atoms with Crippen molar-refractivity contribution in [2.45, 2.75) is 12.5 Å². The van der Waals surface area contributed by atoms with E-state index in [0.29, 0.717) is 6.20 Å². The summed E-state index contributed by atoms with van der Waals surface area (Å²) in [5, 5.41) is 16.5. The van der Waals surface area contributed by atoms with Crippen molar-refractivity contribution in [3.8, 4) is 17.2 Å². The van der Waals surface area contributed by atoms with E-state index in [9.17, 15) is 40.7 Å². The zero-order valence-corrected chi connectivity index (χ0v) is 15.7. The molecule has 2 heterocycles. The highest BCUT2D eigenvalue weighted by atomic mass is 19.4. The second-order valence-electron chi connectivity index (χ2n) is 6.05. The van der Waals surface area contributed by atoms with Crippen molar-refractivity contribution in [1.29, 1.82) is 0 Å². The molecule has 0 aliphatic heterocycles. The van der Waals surface area contributed by atoms with E-state index in [1.807, 2.05) is 5.32 Å². The van der Waals surface area contributed by atoms with Crippen LogP contribution in [-0.2, 0) is 6.18 Å². The molecule has 0 spiro atoms. The summed E-state index contributed by atoms with van der Waals surface area (Å²) in [6, 6.07) is 4.61. The van der Waals surface area contributed by atoms with Crippen LogP contribution in [0.1, 0.15) is 16.1 Å². The molecule has 0 aliphatic rings. The van der Waals surface area contributed by atoms with E-state index < -0.39 is 47.0 Å². The van der Waals surface area contributed by atoms with Gasteiger partial charge in [-0.25, -0.2) is 9.37 Å². The smallest absolute Gasteiger partial charge is 0.573 e. The number of nitrogens with one attached hydrogen (secondary N) is 1. The molecule has 15 heteroatoms. The average Bonchev–Trinajstić information content (AvgIpc) is 2.67. The molecule has 3 rings (SSSR count). The molecule has 0 saturated heterocycles. The molecule has 174 valence electrons. The fourth-order valence-electron chi connectivity index (χ4n) is 2.44. The van der Waals surface area contributed by atoms with E-state index in [1.165, 1.54) is 0 Å². The number of carbonyl (C=O) groups is 1. The first-order valence-electron chi connectivity index (χ1n) is 8.49. The zero-order chi connectivity index (χ0) is 24.4. The molecule has 8 nitrogen and oxygen atoms in total. The maximum atomic E-state index is 14.7. The lowest BCUT2D eigenvalue weighted by Gasteiger charge is -2.15. The molecule has 1 aromatic carbocycles. The van der Waals surface area contributed by atoms with E-state index >= 15 is 0 Å². The summed E-state index contributed by atoms with van der Waals surface area (Å²) in [6.45, 7) is 0. The number of nitrogens with zero attached hydrogens (tertiary/aromatic N) is 3. The molecular weight excluding hydrogens is 469 g/mol. The maximum Gasteiger partial charge on any atom is 0.573 e. The summed E-state index contributed by atoms with van der Waals surface area (Å²) < 4.78 is 99.5. The van der Waals surface area contributed by atoms with Gasteiger partial charge in [0.05, 0.1) is 12.4 Å². The number of pyridine rings is 1. The van der Waals surface area contributed by atoms with Gasteiger partial charge in [0.25, 0.3) is 5.91 Å². The van der Waals surface area contributed by atoms with Crippen molar-refractivity contribution < 1.29 is 49.8 Å². The number of anilines is 1. The van der Waals surface area contributed by atoms with Gasteiger partial charge >= 0.3 is 12.5 Å². The molecule has 1 N–H and O–H groups in total. The number of halogens is 7. The second-order valence-corrected chi connectivity index (χ2v) is 6.05. The number of rotatable bonds is 5. The summed E-state index contributed by atoms with van der Waals surface area (Å²) in [5.74, 6) is -5.20. The third-order valence-electron chi connectivity index (χ3n) is 3.71. The lowest BCUT2D eigenvalue weighted by Crippen LogP contribution is -2.30. The standard InChI is InChI=1S/C18H9F7N4O4/c19-14-13(16(30)28-9-5-6-27-29(31)8-9)12(7-26-15(14)17(20,21)22)32-10-1-3-11(4-2-10)33-18(23,24)25/h1-8H,(H,28,30). The highest BCUT2D eigenvalue weighted by molar-refractivity contribution is 6.06. The van der Waals surface area contributed by atoms with Gasteiger partial charge in [0, 0.05) is 5.10 Å². The lowest BCUT2D eigenvalue weighted by molar-refractivity contribution is -0.668. The van der Waals surface area contributed by atoms with E-state index in [4.69, 9.17) is 4.74 Å². The average molecular weight is 478 g/mol. The van der Waals surface area contributed by atoms with Gasteiger partial charge in [-0.15, -0.1) is 13.2 Å². The molecular formula is C18H9F7N4O4. The topological polar surface area (TPSA) is 100 Å². The van der Waals surface area contributed by atoms with Gasteiger partial charge in [0.15, 0.2) is 17.3 Å². The SMILES string of the molecule is O=C(Nc1ccn[n+]([O-])c1)c1c(Oc2ccc(OC(F)(F)F)cc2)cnc(C(F)(F)F)c1F. The number of aromatic nitrogens is 3. The second kappa shape index (κ2) is 8.76. The number of amides is 1. The van der Waals surface area contributed by atoms with Crippen molar-refractivity contribution in [3.63, 3.8) is 0 Å². The van der Waals surface area contributed by atoms with Crippen LogP contribution in [0.25, 0.3) is 0 Å². The van der Waals surface area contributed by atoms with Gasteiger partial charge in [-0.2, -0.15) is 13.2 Å². The fraction of sp³-hybridized carbons (Fsp3) is 0.111. The fourth-order valence-corrected chi connectivity index (χ4v) is 2.44. The van der Waals surface area contributed by atoms with E-state index in [-0.39, 0.29) is 16.3 Å². The molecule has 0 unspecified atom stereocenters. The van der Waals surface area contributed by atoms with Crippen LogP contribution < -0.4 is 19.6 Å². The van der Waals surface area contributed by atoms with Gasteiger partial charge in [0.1, 0.15) is 22.7 Å². The summed E-state index contributed by atoms with van der Waals surface area (Å²) in [6.07, 6.45) is -8.09. The Hall–Kier alpha value is -4.17. The van der Waals surface area contributed by atoms with Crippen LogP contribution in [0.3, 0.4) is 0 Å². The third-order valence-corrected chi connectivity index (χ3v) is 3.71. The van der Waals surface area contributed by atoms with Crippen LogP contribution in [0, 0.1) is 11.0 Å². The Labute approximate surface area is 178 Å². The number of carbonyl (C=O) groups excluding carboxylic acids is 1. The maximum absolute atomic E-state index is 14.7. The van der Waals surface area contributed by atoms with Crippen LogP contribution in [0.15, 0.2) is 48.9 Å². The van der Waals surface area contributed by atoms with E-state index in [1.54, 1.807) is 0 Å². The van der Waals surface area contributed by atoms with Gasteiger partial charge in [-0.05, 0) is 30.3 Å². The Morgan fingerprint density at radius 1 is 1.03 bits per heavy atom. The van der Waals surface area contributed by atoms with Gasteiger partial charge in [0.2, 0.25) is 6.20 Å². The van der Waals surface area contributed by atoms with E-state index in [2.05, 4.69) is 14.8 Å². The van der Waals surface area contributed by atoms with Crippen LogP contribution in [0.2, 0.25) is 0 Å². The van der Waals surface area contributed by atoms with Crippen molar-refractivity contribution in [2.75, 3.05) is 5.32 Å². The Bertz CT molecular complexity index is 1170. The van der Waals surface area contributed by atoms with Gasteiger partial charge in [-0.3, -0.25) is 4.79 Å². The number of hydrogen-bond acceptors (Lipinski definition) is 6. The predicted molar refractivity (Wildman–Crippen MR) is 93.5 cm³/mol. The molecule has 1 amide bonds. The number of hydrogen-bond donors (Lipinski definition) is 1. The van der Waals surface area contributed by atoms with Gasteiger partial charge < -0.3 is 20.0 Å². The number of alkyl halides is 6. The summed E-state index contributed by atoms with van der Waals surface area (Å²) in [4.78, 5) is 15.5. The van der Waals surface area contributed by atoms with Crippen molar-refractivity contribution >= 4 is 11.6 Å². The van der Waals surface area contributed by atoms with Crippen LogP contribution >= 0.6 is 0 Å². The Morgan fingerprint density at radius 2 is 1.67 bits per heavy atom.